The van der Waals surface area contributed by atoms with Gasteiger partial charge in [0.2, 0.25) is 11.8 Å². The largest absolute Gasteiger partial charge is 0.370 e. The Labute approximate surface area is 146 Å². The Morgan fingerprint density at radius 3 is 2.80 bits per heavy atom. The minimum atomic E-state index is -0.353. The van der Waals surface area contributed by atoms with Gasteiger partial charge in [-0.1, -0.05) is 12.1 Å². The van der Waals surface area contributed by atoms with Crippen LogP contribution in [0.15, 0.2) is 36.7 Å². The molecule has 2 fully saturated rings. The van der Waals surface area contributed by atoms with Crippen LogP contribution in [0.1, 0.15) is 19.3 Å². The molecule has 4 rings (SSSR count). The molecule has 2 N–H and O–H groups in total. The molecule has 2 aliphatic heterocycles. The SMILES string of the molecule is O=C(Nc1ccccc1N1CCCC1)[C@@H]1CC(=O)N(c2cn[nH]c2)C1. The van der Waals surface area contributed by atoms with Crippen molar-refractivity contribution in [2.45, 2.75) is 19.3 Å². The summed E-state index contributed by atoms with van der Waals surface area (Å²) in [6.07, 6.45) is 5.85. The molecule has 2 saturated heterocycles. The van der Waals surface area contributed by atoms with E-state index in [1.54, 1.807) is 17.3 Å². The van der Waals surface area contributed by atoms with Gasteiger partial charge in [0, 0.05) is 32.3 Å². The fourth-order valence-electron chi connectivity index (χ4n) is 3.57. The van der Waals surface area contributed by atoms with Crippen LogP contribution in [-0.2, 0) is 9.59 Å². The molecule has 0 saturated carbocycles. The number of para-hydroxylation sites is 2. The van der Waals surface area contributed by atoms with Crippen molar-refractivity contribution < 1.29 is 9.59 Å². The molecule has 0 aliphatic carbocycles. The van der Waals surface area contributed by atoms with Crippen molar-refractivity contribution in [2.75, 3.05) is 34.8 Å². The Morgan fingerprint density at radius 1 is 1.24 bits per heavy atom. The lowest BCUT2D eigenvalue weighted by atomic mass is 10.1. The third-order valence-corrected chi connectivity index (χ3v) is 4.90. The second kappa shape index (κ2) is 6.58. The molecule has 1 aromatic heterocycles. The molecule has 2 amide bonds. The Hall–Kier alpha value is -2.83. The Balaban J connectivity index is 1.47. The van der Waals surface area contributed by atoms with Crippen LogP contribution >= 0.6 is 0 Å². The summed E-state index contributed by atoms with van der Waals surface area (Å²) < 4.78 is 0. The fraction of sp³-hybridized carbons (Fsp3) is 0.389. The zero-order chi connectivity index (χ0) is 17.2. The molecule has 2 aliphatic rings. The monoisotopic (exact) mass is 339 g/mol. The number of anilines is 3. The second-order valence-electron chi connectivity index (χ2n) is 6.56. The summed E-state index contributed by atoms with van der Waals surface area (Å²) in [6, 6.07) is 7.88. The summed E-state index contributed by atoms with van der Waals surface area (Å²) >= 11 is 0. The second-order valence-corrected chi connectivity index (χ2v) is 6.56. The predicted molar refractivity (Wildman–Crippen MR) is 95.6 cm³/mol. The van der Waals surface area contributed by atoms with Gasteiger partial charge in [0.1, 0.15) is 0 Å². The van der Waals surface area contributed by atoms with E-state index < -0.39 is 0 Å². The van der Waals surface area contributed by atoms with Gasteiger partial charge < -0.3 is 15.1 Å². The number of carbonyl (C=O) groups is 2. The van der Waals surface area contributed by atoms with Crippen LogP contribution in [0.5, 0.6) is 0 Å². The quantitative estimate of drug-likeness (QED) is 0.893. The first-order valence-electron chi connectivity index (χ1n) is 8.66. The lowest BCUT2D eigenvalue weighted by Gasteiger charge is -2.22. The molecule has 130 valence electrons. The van der Waals surface area contributed by atoms with Crippen LogP contribution < -0.4 is 15.1 Å². The van der Waals surface area contributed by atoms with Gasteiger partial charge in [0.05, 0.1) is 29.2 Å². The number of nitrogens with one attached hydrogen (secondary N) is 2. The van der Waals surface area contributed by atoms with Crippen molar-refractivity contribution in [3.05, 3.63) is 36.7 Å². The summed E-state index contributed by atoms with van der Waals surface area (Å²) in [7, 11) is 0. The van der Waals surface area contributed by atoms with E-state index in [1.807, 2.05) is 24.3 Å². The summed E-state index contributed by atoms with van der Waals surface area (Å²) in [6.45, 7) is 2.42. The first-order valence-corrected chi connectivity index (χ1v) is 8.66. The van der Waals surface area contributed by atoms with Crippen LogP contribution in [0.2, 0.25) is 0 Å². The minimum Gasteiger partial charge on any atom is -0.370 e. The molecule has 0 unspecified atom stereocenters. The summed E-state index contributed by atoms with van der Waals surface area (Å²) in [5, 5.41) is 9.60. The van der Waals surface area contributed by atoms with E-state index in [4.69, 9.17) is 0 Å². The smallest absolute Gasteiger partial charge is 0.229 e. The molecular formula is C18H21N5O2. The van der Waals surface area contributed by atoms with Crippen LogP contribution in [0.3, 0.4) is 0 Å². The van der Waals surface area contributed by atoms with Gasteiger partial charge in [-0.2, -0.15) is 5.10 Å². The first-order chi connectivity index (χ1) is 12.2. The number of benzene rings is 1. The maximum atomic E-state index is 12.7. The zero-order valence-corrected chi connectivity index (χ0v) is 13.9. The van der Waals surface area contributed by atoms with Gasteiger partial charge in [-0.05, 0) is 25.0 Å². The number of aromatic amines is 1. The van der Waals surface area contributed by atoms with Crippen molar-refractivity contribution in [2.24, 2.45) is 5.92 Å². The van der Waals surface area contributed by atoms with Crippen LogP contribution in [0, 0.1) is 5.92 Å². The molecular weight excluding hydrogens is 318 g/mol. The van der Waals surface area contributed by atoms with Gasteiger partial charge in [0.25, 0.3) is 0 Å². The van der Waals surface area contributed by atoms with Gasteiger partial charge in [-0.3, -0.25) is 14.7 Å². The maximum Gasteiger partial charge on any atom is 0.229 e. The standard InChI is InChI=1S/C18H21N5O2/c24-17-9-13(12-23(17)14-10-19-20-11-14)18(25)21-15-5-1-2-6-16(15)22-7-3-4-8-22/h1-2,5-6,10-11,13H,3-4,7-9,12H2,(H,19,20)(H,21,25)/t13-/m1/s1. The third kappa shape index (κ3) is 3.09. The average molecular weight is 339 g/mol. The molecule has 1 atom stereocenters. The highest BCUT2D eigenvalue weighted by Crippen LogP contribution is 2.30. The van der Waals surface area contributed by atoms with Crippen molar-refractivity contribution in [3.8, 4) is 0 Å². The fourth-order valence-corrected chi connectivity index (χ4v) is 3.57. The Bertz CT molecular complexity index is 768. The van der Waals surface area contributed by atoms with E-state index >= 15 is 0 Å². The maximum absolute atomic E-state index is 12.7. The average Bonchev–Trinajstić information content (AvgIpc) is 3.37. The Morgan fingerprint density at radius 2 is 2.04 bits per heavy atom. The molecule has 1 aromatic carbocycles. The third-order valence-electron chi connectivity index (χ3n) is 4.90. The van der Waals surface area contributed by atoms with Gasteiger partial charge in [-0.15, -0.1) is 0 Å². The minimum absolute atomic E-state index is 0.0469. The first kappa shape index (κ1) is 15.7. The zero-order valence-electron chi connectivity index (χ0n) is 13.9. The highest BCUT2D eigenvalue weighted by Gasteiger charge is 2.35. The number of aromatic nitrogens is 2. The predicted octanol–water partition coefficient (Wildman–Crippen LogP) is 2.00. The molecule has 0 radical (unpaired) electrons. The number of amides is 2. The number of hydrogen-bond donors (Lipinski definition) is 2. The van der Waals surface area contributed by atoms with Crippen molar-refractivity contribution in [1.29, 1.82) is 0 Å². The Kier molecular flexibility index (Phi) is 4.13. The van der Waals surface area contributed by atoms with E-state index in [0.29, 0.717) is 12.2 Å². The molecule has 2 aromatic rings. The molecule has 0 spiro atoms. The van der Waals surface area contributed by atoms with Crippen LogP contribution in [0.4, 0.5) is 17.1 Å². The highest BCUT2D eigenvalue weighted by molar-refractivity contribution is 6.04. The van der Waals surface area contributed by atoms with Crippen molar-refractivity contribution in [3.63, 3.8) is 0 Å². The van der Waals surface area contributed by atoms with Crippen LogP contribution in [-0.4, -0.2) is 41.6 Å². The number of rotatable bonds is 4. The number of H-pyrrole nitrogens is 1. The lowest BCUT2D eigenvalue weighted by Crippen LogP contribution is -2.28. The number of carbonyl (C=O) groups excluding carboxylic acids is 2. The number of nitrogens with zero attached hydrogens (tertiary/aromatic N) is 3. The molecule has 7 nitrogen and oxygen atoms in total. The lowest BCUT2D eigenvalue weighted by molar-refractivity contribution is -0.122. The normalized spacial score (nSPS) is 20.3. The summed E-state index contributed by atoms with van der Waals surface area (Å²) in [5.41, 5.74) is 2.59. The van der Waals surface area contributed by atoms with E-state index in [0.717, 1.165) is 24.5 Å². The van der Waals surface area contributed by atoms with Gasteiger partial charge in [0.15, 0.2) is 0 Å². The topological polar surface area (TPSA) is 81.3 Å². The number of hydrogen-bond acceptors (Lipinski definition) is 4. The van der Waals surface area contributed by atoms with Crippen LogP contribution in [0.25, 0.3) is 0 Å². The van der Waals surface area contributed by atoms with Crippen molar-refractivity contribution in [1.82, 2.24) is 10.2 Å². The molecule has 3 heterocycles. The molecule has 25 heavy (non-hydrogen) atoms. The molecule has 7 heteroatoms. The molecule has 0 bridgehead atoms. The van der Waals surface area contributed by atoms with E-state index in [2.05, 4.69) is 20.4 Å². The van der Waals surface area contributed by atoms with E-state index in [9.17, 15) is 9.59 Å². The van der Waals surface area contributed by atoms with E-state index in [1.165, 1.54) is 12.8 Å². The summed E-state index contributed by atoms with van der Waals surface area (Å²) in [5.74, 6) is -0.505. The summed E-state index contributed by atoms with van der Waals surface area (Å²) in [4.78, 5) is 28.8. The highest BCUT2D eigenvalue weighted by atomic mass is 16.2. The van der Waals surface area contributed by atoms with E-state index in [-0.39, 0.29) is 24.2 Å². The van der Waals surface area contributed by atoms with Crippen molar-refractivity contribution >= 4 is 28.9 Å². The van der Waals surface area contributed by atoms with Gasteiger partial charge >= 0.3 is 0 Å². The van der Waals surface area contributed by atoms with Gasteiger partial charge in [-0.25, -0.2) is 0 Å².